The third-order valence-corrected chi connectivity index (χ3v) is 3.27. The fourth-order valence-electron chi connectivity index (χ4n) is 2.11. The van der Waals surface area contributed by atoms with Gasteiger partial charge in [-0.15, -0.1) is 0 Å². The topological polar surface area (TPSA) is 58.1 Å². The number of nitrogens with one attached hydrogen (secondary N) is 1. The minimum Gasteiger partial charge on any atom is -0.351 e. The van der Waals surface area contributed by atoms with Crippen molar-refractivity contribution in [3.63, 3.8) is 0 Å². The van der Waals surface area contributed by atoms with Crippen molar-refractivity contribution in [2.75, 3.05) is 24.5 Å². The summed E-state index contributed by atoms with van der Waals surface area (Å²) < 4.78 is 0. The highest BCUT2D eigenvalue weighted by molar-refractivity contribution is 5.92. The van der Waals surface area contributed by atoms with Crippen LogP contribution in [0.3, 0.4) is 0 Å². The molecule has 5 heteroatoms. The highest BCUT2D eigenvalue weighted by Crippen LogP contribution is 2.15. The molecule has 2 rings (SSSR count). The smallest absolute Gasteiger partial charge is 0.270 e. The predicted molar refractivity (Wildman–Crippen MR) is 75.3 cm³/mol. The lowest BCUT2D eigenvalue weighted by Gasteiger charge is -2.15. The van der Waals surface area contributed by atoms with E-state index >= 15 is 0 Å². The Morgan fingerprint density at radius 2 is 2.16 bits per heavy atom. The van der Waals surface area contributed by atoms with E-state index in [0.29, 0.717) is 24.1 Å². The molecule has 0 unspecified atom stereocenters. The number of amides is 1. The van der Waals surface area contributed by atoms with Crippen LogP contribution in [0.4, 0.5) is 5.95 Å². The van der Waals surface area contributed by atoms with E-state index in [9.17, 15) is 4.79 Å². The van der Waals surface area contributed by atoms with Crippen molar-refractivity contribution < 1.29 is 4.79 Å². The molecular formula is C14H22N4O. The standard InChI is InChI=1S/C14H22N4O/c1-11(2)5-7-15-13(19)12-6-8-16-14(17-12)18-9-3-4-10-18/h6,8,11H,3-5,7,9-10H2,1-2H3,(H,15,19). The van der Waals surface area contributed by atoms with E-state index in [4.69, 9.17) is 0 Å². The molecular weight excluding hydrogens is 240 g/mol. The Morgan fingerprint density at radius 3 is 2.84 bits per heavy atom. The number of anilines is 1. The molecule has 1 aromatic heterocycles. The van der Waals surface area contributed by atoms with Crippen LogP contribution in [0.5, 0.6) is 0 Å². The van der Waals surface area contributed by atoms with Gasteiger partial charge in [0.15, 0.2) is 0 Å². The van der Waals surface area contributed by atoms with E-state index in [2.05, 4.69) is 34.0 Å². The van der Waals surface area contributed by atoms with Crippen molar-refractivity contribution in [2.24, 2.45) is 5.92 Å². The van der Waals surface area contributed by atoms with E-state index in [0.717, 1.165) is 19.5 Å². The van der Waals surface area contributed by atoms with Crippen LogP contribution in [-0.4, -0.2) is 35.5 Å². The van der Waals surface area contributed by atoms with Gasteiger partial charge in [0, 0.05) is 25.8 Å². The molecule has 5 nitrogen and oxygen atoms in total. The molecule has 0 saturated carbocycles. The molecule has 1 amide bonds. The van der Waals surface area contributed by atoms with Crippen molar-refractivity contribution in [1.29, 1.82) is 0 Å². The van der Waals surface area contributed by atoms with E-state index in [1.165, 1.54) is 12.8 Å². The van der Waals surface area contributed by atoms with Crippen LogP contribution in [0, 0.1) is 5.92 Å². The maximum Gasteiger partial charge on any atom is 0.270 e. The van der Waals surface area contributed by atoms with Gasteiger partial charge in [0.1, 0.15) is 5.69 Å². The van der Waals surface area contributed by atoms with Crippen molar-refractivity contribution in [3.05, 3.63) is 18.0 Å². The largest absolute Gasteiger partial charge is 0.351 e. The minimum absolute atomic E-state index is 0.108. The second-order valence-corrected chi connectivity index (χ2v) is 5.37. The van der Waals surface area contributed by atoms with Gasteiger partial charge in [0.2, 0.25) is 5.95 Å². The lowest BCUT2D eigenvalue weighted by Crippen LogP contribution is -2.27. The fourth-order valence-corrected chi connectivity index (χ4v) is 2.11. The molecule has 1 fully saturated rings. The third-order valence-electron chi connectivity index (χ3n) is 3.27. The molecule has 0 aromatic carbocycles. The van der Waals surface area contributed by atoms with Gasteiger partial charge in [0.25, 0.3) is 5.91 Å². The normalized spacial score (nSPS) is 15.0. The van der Waals surface area contributed by atoms with Gasteiger partial charge in [0.05, 0.1) is 0 Å². The number of hydrogen-bond acceptors (Lipinski definition) is 4. The van der Waals surface area contributed by atoms with Crippen molar-refractivity contribution >= 4 is 11.9 Å². The first kappa shape index (κ1) is 13.8. The molecule has 1 aliphatic heterocycles. The van der Waals surface area contributed by atoms with Crippen molar-refractivity contribution in [1.82, 2.24) is 15.3 Å². The van der Waals surface area contributed by atoms with E-state index in [1.807, 2.05) is 0 Å². The van der Waals surface area contributed by atoms with Crippen molar-refractivity contribution in [3.8, 4) is 0 Å². The number of rotatable bonds is 5. The maximum atomic E-state index is 12.0. The molecule has 0 atom stereocenters. The lowest BCUT2D eigenvalue weighted by molar-refractivity contribution is 0.0947. The second kappa shape index (κ2) is 6.50. The van der Waals surface area contributed by atoms with Crippen LogP contribution in [0.2, 0.25) is 0 Å². The van der Waals surface area contributed by atoms with Crippen LogP contribution >= 0.6 is 0 Å². The Morgan fingerprint density at radius 1 is 1.42 bits per heavy atom. The van der Waals surface area contributed by atoms with Gasteiger partial charge >= 0.3 is 0 Å². The first-order chi connectivity index (χ1) is 9.16. The SMILES string of the molecule is CC(C)CCNC(=O)c1ccnc(N2CCCC2)n1. The molecule has 1 aliphatic rings. The van der Waals surface area contributed by atoms with Gasteiger partial charge in [-0.1, -0.05) is 13.8 Å². The molecule has 1 saturated heterocycles. The fraction of sp³-hybridized carbons (Fsp3) is 0.643. The summed E-state index contributed by atoms with van der Waals surface area (Å²) in [5.74, 6) is 1.16. The van der Waals surface area contributed by atoms with Gasteiger partial charge in [-0.25, -0.2) is 9.97 Å². The summed E-state index contributed by atoms with van der Waals surface area (Å²) in [6.45, 7) is 6.95. The first-order valence-electron chi connectivity index (χ1n) is 7.03. The van der Waals surface area contributed by atoms with Gasteiger partial charge in [-0.2, -0.15) is 0 Å². The van der Waals surface area contributed by atoms with E-state index < -0.39 is 0 Å². The zero-order chi connectivity index (χ0) is 13.7. The number of hydrogen-bond donors (Lipinski definition) is 1. The molecule has 19 heavy (non-hydrogen) atoms. The number of nitrogens with zero attached hydrogens (tertiary/aromatic N) is 3. The molecule has 0 radical (unpaired) electrons. The maximum absolute atomic E-state index is 12.0. The molecule has 1 aromatic rings. The Kier molecular flexibility index (Phi) is 4.71. The Bertz CT molecular complexity index is 427. The second-order valence-electron chi connectivity index (χ2n) is 5.37. The molecule has 104 valence electrons. The summed E-state index contributed by atoms with van der Waals surface area (Å²) >= 11 is 0. The number of carbonyl (C=O) groups is 1. The van der Waals surface area contributed by atoms with Crippen LogP contribution in [0.15, 0.2) is 12.3 Å². The highest BCUT2D eigenvalue weighted by atomic mass is 16.1. The average molecular weight is 262 g/mol. The predicted octanol–water partition coefficient (Wildman–Crippen LogP) is 1.85. The summed E-state index contributed by atoms with van der Waals surface area (Å²) in [5, 5.41) is 2.90. The number of aromatic nitrogens is 2. The molecule has 2 heterocycles. The van der Waals surface area contributed by atoms with Crippen LogP contribution in [-0.2, 0) is 0 Å². The van der Waals surface area contributed by atoms with Gasteiger partial charge < -0.3 is 10.2 Å². The van der Waals surface area contributed by atoms with Crippen LogP contribution in [0.25, 0.3) is 0 Å². The molecule has 0 spiro atoms. The molecule has 0 aliphatic carbocycles. The van der Waals surface area contributed by atoms with Crippen molar-refractivity contribution in [2.45, 2.75) is 33.1 Å². The molecule has 0 bridgehead atoms. The molecule has 1 N–H and O–H groups in total. The monoisotopic (exact) mass is 262 g/mol. The van der Waals surface area contributed by atoms with E-state index in [1.54, 1.807) is 12.3 Å². The Hall–Kier alpha value is -1.65. The zero-order valence-electron chi connectivity index (χ0n) is 11.7. The lowest BCUT2D eigenvalue weighted by atomic mass is 10.1. The first-order valence-corrected chi connectivity index (χ1v) is 7.03. The quantitative estimate of drug-likeness (QED) is 0.880. The average Bonchev–Trinajstić information content (AvgIpc) is 2.92. The summed E-state index contributed by atoms with van der Waals surface area (Å²) in [6, 6.07) is 1.67. The summed E-state index contributed by atoms with van der Waals surface area (Å²) in [6.07, 6.45) is 5.00. The minimum atomic E-state index is -0.108. The summed E-state index contributed by atoms with van der Waals surface area (Å²) in [4.78, 5) is 22.7. The van der Waals surface area contributed by atoms with E-state index in [-0.39, 0.29) is 5.91 Å². The van der Waals surface area contributed by atoms with Gasteiger partial charge in [-0.3, -0.25) is 4.79 Å². The Balaban J connectivity index is 1.95. The third kappa shape index (κ3) is 3.91. The zero-order valence-corrected chi connectivity index (χ0v) is 11.7. The number of carbonyl (C=O) groups excluding carboxylic acids is 1. The Labute approximate surface area is 114 Å². The van der Waals surface area contributed by atoms with Crippen LogP contribution < -0.4 is 10.2 Å². The van der Waals surface area contributed by atoms with Crippen LogP contribution in [0.1, 0.15) is 43.6 Å². The van der Waals surface area contributed by atoms with Gasteiger partial charge in [-0.05, 0) is 31.2 Å². The highest BCUT2D eigenvalue weighted by Gasteiger charge is 2.16. The summed E-state index contributed by atoms with van der Waals surface area (Å²) in [5.41, 5.74) is 0.459. The summed E-state index contributed by atoms with van der Waals surface area (Å²) in [7, 11) is 0.